The van der Waals surface area contributed by atoms with Crippen LogP contribution < -0.4 is 0 Å². The van der Waals surface area contributed by atoms with E-state index in [1.807, 2.05) is 0 Å². The number of nitrogens with zero attached hydrogens (tertiary/aromatic N) is 1. The Morgan fingerprint density at radius 1 is 1.55 bits per heavy atom. The van der Waals surface area contributed by atoms with Gasteiger partial charge in [-0.25, -0.2) is 0 Å². The summed E-state index contributed by atoms with van der Waals surface area (Å²) in [6.07, 6.45) is -0.711. The normalized spacial score (nSPS) is 16.2. The molecule has 0 radical (unpaired) electrons. The first-order chi connectivity index (χ1) is 5.00. The topological polar surface area (TPSA) is 49.8 Å². The van der Waals surface area contributed by atoms with Gasteiger partial charge in [-0.05, 0) is 21.0 Å². The highest BCUT2D eigenvalue weighted by atomic mass is 16.5. The van der Waals surface area contributed by atoms with E-state index < -0.39 is 18.1 Å². The van der Waals surface area contributed by atoms with E-state index in [-0.39, 0.29) is 0 Å². The van der Waals surface area contributed by atoms with Gasteiger partial charge in [-0.3, -0.25) is 9.69 Å². The molecule has 0 aliphatic rings. The molecule has 1 N–H and O–H groups in total. The van der Waals surface area contributed by atoms with Crippen molar-refractivity contribution in [2.24, 2.45) is 0 Å². The van der Waals surface area contributed by atoms with Gasteiger partial charge >= 0.3 is 5.97 Å². The van der Waals surface area contributed by atoms with E-state index >= 15 is 0 Å². The Morgan fingerprint density at radius 3 is 2.09 bits per heavy atom. The van der Waals surface area contributed by atoms with Gasteiger partial charge in [0.05, 0.1) is 13.2 Å². The molecule has 0 aromatic heterocycles. The zero-order valence-electron chi connectivity index (χ0n) is 7.37. The van der Waals surface area contributed by atoms with E-state index in [0.717, 1.165) is 0 Å². The van der Waals surface area contributed by atoms with Crippen molar-refractivity contribution in [3.05, 3.63) is 0 Å². The Balaban J connectivity index is 4.22. The molecule has 0 aliphatic carbocycles. The third-order valence-electron chi connectivity index (χ3n) is 1.46. The molecule has 0 bridgehead atoms. The predicted octanol–water partition coefficient (Wildman–Crippen LogP) is -0.530. The smallest absolute Gasteiger partial charge is 0.325 e. The number of rotatable bonds is 3. The molecule has 4 nitrogen and oxygen atoms in total. The molecule has 0 amide bonds. The number of carbonyl (C=O) groups is 1. The summed E-state index contributed by atoms with van der Waals surface area (Å²) in [5.41, 5.74) is 0. The number of ether oxygens (including phenoxy) is 1. The number of carbonyl (C=O) groups excluding carboxylic acids is 1. The highest BCUT2D eigenvalue weighted by Crippen LogP contribution is 2.01. The van der Waals surface area contributed by atoms with Gasteiger partial charge in [0.2, 0.25) is 0 Å². The lowest BCUT2D eigenvalue weighted by Gasteiger charge is -2.23. The standard InChI is InChI=1S/C7H15NO3/c1-5(9)6(8(2)3)7(10)11-4/h5-6,9H,1-4H3/t5-,6+/m0/s1. The molecule has 4 heteroatoms. The second-order valence-electron chi connectivity index (χ2n) is 2.67. The predicted molar refractivity (Wildman–Crippen MR) is 41.2 cm³/mol. The molecule has 0 saturated heterocycles. The van der Waals surface area contributed by atoms with Gasteiger partial charge in [0.15, 0.2) is 0 Å². The summed E-state index contributed by atoms with van der Waals surface area (Å²) in [5.74, 6) is -0.412. The molecule has 2 atom stereocenters. The number of likely N-dealkylation sites (N-methyl/N-ethyl adjacent to an activating group) is 1. The zero-order valence-corrected chi connectivity index (χ0v) is 7.37. The number of aliphatic hydroxyl groups excluding tert-OH is 1. The van der Waals surface area contributed by atoms with Crippen LogP contribution in [0.4, 0.5) is 0 Å². The number of methoxy groups -OCH3 is 1. The van der Waals surface area contributed by atoms with Crippen molar-refractivity contribution in [3.63, 3.8) is 0 Å². The van der Waals surface area contributed by atoms with Crippen molar-refractivity contribution < 1.29 is 14.6 Å². The third kappa shape index (κ3) is 2.86. The van der Waals surface area contributed by atoms with Crippen molar-refractivity contribution >= 4 is 5.97 Å². The van der Waals surface area contributed by atoms with E-state index in [1.54, 1.807) is 25.9 Å². The van der Waals surface area contributed by atoms with E-state index in [4.69, 9.17) is 5.11 Å². The molecule has 0 heterocycles. The maximum absolute atomic E-state index is 11.0. The first-order valence-electron chi connectivity index (χ1n) is 3.43. The van der Waals surface area contributed by atoms with Gasteiger partial charge in [-0.1, -0.05) is 0 Å². The SMILES string of the molecule is COC(=O)[C@@H]([C@H](C)O)N(C)C. The summed E-state index contributed by atoms with van der Waals surface area (Å²) in [6.45, 7) is 1.56. The second-order valence-corrected chi connectivity index (χ2v) is 2.67. The maximum atomic E-state index is 11.0. The number of aliphatic hydroxyl groups is 1. The fourth-order valence-electron chi connectivity index (χ4n) is 0.960. The number of hydrogen-bond donors (Lipinski definition) is 1. The minimum atomic E-state index is -0.711. The molecule has 0 aromatic rings. The minimum Gasteiger partial charge on any atom is -0.468 e. The van der Waals surface area contributed by atoms with Crippen LogP contribution in [0.25, 0.3) is 0 Å². The van der Waals surface area contributed by atoms with Crippen LogP contribution in [0.5, 0.6) is 0 Å². The van der Waals surface area contributed by atoms with Gasteiger partial charge in [-0.15, -0.1) is 0 Å². The molecule has 0 aromatic carbocycles. The lowest BCUT2D eigenvalue weighted by Crippen LogP contribution is -2.44. The Bertz CT molecular complexity index is 126. The monoisotopic (exact) mass is 161 g/mol. The zero-order chi connectivity index (χ0) is 9.02. The summed E-state index contributed by atoms with van der Waals surface area (Å²) >= 11 is 0. The summed E-state index contributed by atoms with van der Waals surface area (Å²) in [5, 5.41) is 9.14. The molecule has 0 fully saturated rings. The van der Waals surface area contributed by atoms with Crippen LogP contribution in [0, 0.1) is 0 Å². The molecule has 0 aliphatic heterocycles. The van der Waals surface area contributed by atoms with Crippen molar-refractivity contribution in [1.82, 2.24) is 4.90 Å². The van der Waals surface area contributed by atoms with Crippen molar-refractivity contribution in [3.8, 4) is 0 Å². The first kappa shape index (κ1) is 10.4. The van der Waals surface area contributed by atoms with Gasteiger partial charge in [0.1, 0.15) is 6.04 Å². The largest absolute Gasteiger partial charge is 0.468 e. The van der Waals surface area contributed by atoms with Gasteiger partial charge in [0.25, 0.3) is 0 Å². The van der Waals surface area contributed by atoms with E-state index in [0.29, 0.717) is 0 Å². The minimum absolute atomic E-state index is 0.412. The van der Waals surface area contributed by atoms with Gasteiger partial charge in [0, 0.05) is 0 Å². The van der Waals surface area contributed by atoms with Crippen molar-refractivity contribution in [2.75, 3.05) is 21.2 Å². The van der Waals surface area contributed by atoms with E-state index in [2.05, 4.69) is 4.74 Å². The molecule has 0 spiro atoms. The average Bonchev–Trinajstić information content (AvgIpc) is 1.85. The highest BCUT2D eigenvalue weighted by molar-refractivity contribution is 5.76. The van der Waals surface area contributed by atoms with Crippen LogP contribution in [-0.2, 0) is 9.53 Å². The Labute approximate surface area is 66.8 Å². The Kier molecular flexibility index (Phi) is 4.07. The van der Waals surface area contributed by atoms with Crippen LogP contribution in [0.2, 0.25) is 0 Å². The molecule has 66 valence electrons. The maximum Gasteiger partial charge on any atom is 0.325 e. The third-order valence-corrected chi connectivity index (χ3v) is 1.46. The quantitative estimate of drug-likeness (QED) is 0.565. The lowest BCUT2D eigenvalue weighted by atomic mass is 10.2. The second kappa shape index (κ2) is 4.31. The molecule has 0 rings (SSSR count). The van der Waals surface area contributed by atoms with Crippen molar-refractivity contribution in [2.45, 2.75) is 19.1 Å². The molecular formula is C7H15NO3. The van der Waals surface area contributed by atoms with Crippen LogP contribution in [0.15, 0.2) is 0 Å². The van der Waals surface area contributed by atoms with Crippen LogP contribution >= 0.6 is 0 Å². The highest BCUT2D eigenvalue weighted by Gasteiger charge is 2.26. The fraction of sp³-hybridized carbons (Fsp3) is 0.857. The Hall–Kier alpha value is -0.610. The summed E-state index contributed by atoms with van der Waals surface area (Å²) in [6, 6.07) is -0.569. The van der Waals surface area contributed by atoms with E-state index in [9.17, 15) is 4.79 Å². The molecule has 11 heavy (non-hydrogen) atoms. The van der Waals surface area contributed by atoms with Crippen LogP contribution in [0.3, 0.4) is 0 Å². The molecular weight excluding hydrogens is 146 g/mol. The first-order valence-corrected chi connectivity index (χ1v) is 3.43. The molecule has 0 saturated carbocycles. The fourth-order valence-corrected chi connectivity index (χ4v) is 0.960. The summed E-state index contributed by atoms with van der Waals surface area (Å²) in [4.78, 5) is 12.6. The Morgan fingerprint density at radius 2 is 2.00 bits per heavy atom. The van der Waals surface area contributed by atoms with Crippen LogP contribution in [0.1, 0.15) is 6.92 Å². The van der Waals surface area contributed by atoms with Crippen LogP contribution in [-0.4, -0.2) is 49.3 Å². The van der Waals surface area contributed by atoms with Gasteiger partial charge < -0.3 is 9.84 Å². The number of hydrogen-bond acceptors (Lipinski definition) is 4. The average molecular weight is 161 g/mol. The van der Waals surface area contributed by atoms with Gasteiger partial charge in [-0.2, -0.15) is 0 Å². The molecule has 0 unspecified atom stereocenters. The van der Waals surface area contributed by atoms with E-state index in [1.165, 1.54) is 7.11 Å². The summed E-state index contributed by atoms with van der Waals surface area (Å²) < 4.78 is 4.49. The number of esters is 1. The van der Waals surface area contributed by atoms with Crippen molar-refractivity contribution in [1.29, 1.82) is 0 Å². The lowest BCUT2D eigenvalue weighted by molar-refractivity contribution is -0.149. The summed E-state index contributed by atoms with van der Waals surface area (Å²) in [7, 11) is 4.74.